The monoisotopic (exact) mass is 456 g/mol. The van der Waals surface area contributed by atoms with Gasteiger partial charge >= 0.3 is 0 Å². The smallest absolute Gasteiger partial charge is 0.230 e. The van der Waals surface area contributed by atoms with Gasteiger partial charge in [0, 0.05) is 17.1 Å². The summed E-state index contributed by atoms with van der Waals surface area (Å²) < 4.78 is 5.15. The minimum absolute atomic E-state index is 0.0690. The number of anilines is 1. The molecule has 0 spiro atoms. The van der Waals surface area contributed by atoms with Gasteiger partial charge in [-0.05, 0) is 48.2 Å². The number of benzene rings is 2. The lowest BCUT2D eigenvalue weighted by Crippen LogP contribution is -2.27. The minimum atomic E-state index is -0.0690. The number of aromatic nitrogens is 2. The molecule has 1 heterocycles. The van der Waals surface area contributed by atoms with E-state index in [2.05, 4.69) is 15.3 Å². The van der Waals surface area contributed by atoms with E-state index in [9.17, 15) is 4.79 Å². The highest BCUT2D eigenvalue weighted by atomic mass is 35.5. The van der Waals surface area contributed by atoms with Crippen LogP contribution in [0.5, 0.6) is 5.75 Å². The van der Waals surface area contributed by atoms with E-state index in [0.717, 1.165) is 34.6 Å². The van der Waals surface area contributed by atoms with E-state index in [-0.39, 0.29) is 11.7 Å². The van der Waals surface area contributed by atoms with Crippen molar-refractivity contribution in [3.8, 4) is 16.9 Å². The maximum absolute atomic E-state index is 12.2. The Bertz CT molecular complexity index is 1030. The predicted molar refractivity (Wildman–Crippen MR) is 127 cm³/mol. The first-order valence-electron chi connectivity index (χ1n) is 9.95. The molecule has 6 nitrogen and oxygen atoms in total. The number of methoxy groups -OCH3 is 1. The number of nitrogens with two attached hydrogens (primary N) is 1. The maximum Gasteiger partial charge on any atom is 0.230 e. The molecular formula is C23H25ClN4O2S. The largest absolute Gasteiger partial charge is 0.497 e. The zero-order valence-corrected chi connectivity index (χ0v) is 19.1. The third kappa shape index (κ3) is 6.35. The normalized spacial score (nSPS) is 10.7. The molecule has 2 aromatic carbocycles. The standard InChI is InChI=1S/C23H25ClN4O2S/c1-3-19-21(16-6-8-17(24)9-7-16)22(25)28-23(27-19)31-14-20(29)26-13-12-15-4-10-18(30-2)11-5-15/h4-11H,3,12-14H2,1-2H3,(H,26,29)(H2,25,27,28). The molecule has 31 heavy (non-hydrogen) atoms. The van der Waals surface area contributed by atoms with Crippen LogP contribution < -0.4 is 15.8 Å². The van der Waals surface area contributed by atoms with Crippen LogP contribution in [0, 0.1) is 0 Å². The molecule has 0 atom stereocenters. The molecule has 162 valence electrons. The lowest BCUT2D eigenvalue weighted by atomic mass is 10.0. The fourth-order valence-electron chi connectivity index (χ4n) is 3.07. The number of rotatable bonds is 9. The van der Waals surface area contributed by atoms with Gasteiger partial charge in [-0.2, -0.15) is 0 Å². The third-order valence-corrected chi connectivity index (χ3v) is 5.79. The van der Waals surface area contributed by atoms with Crippen LogP contribution >= 0.6 is 23.4 Å². The lowest BCUT2D eigenvalue weighted by Gasteiger charge is -2.12. The van der Waals surface area contributed by atoms with E-state index < -0.39 is 0 Å². The van der Waals surface area contributed by atoms with Crippen LogP contribution in [0.3, 0.4) is 0 Å². The summed E-state index contributed by atoms with van der Waals surface area (Å²) in [6.45, 7) is 2.58. The number of thioether (sulfide) groups is 1. The zero-order chi connectivity index (χ0) is 22.2. The van der Waals surface area contributed by atoms with E-state index >= 15 is 0 Å². The van der Waals surface area contributed by atoms with Crippen molar-refractivity contribution in [3.05, 3.63) is 64.8 Å². The van der Waals surface area contributed by atoms with Gasteiger partial charge in [-0.1, -0.05) is 54.6 Å². The number of hydrogen-bond acceptors (Lipinski definition) is 6. The molecule has 0 saturated heterocycles. The molecule has 0 aliphatic heterocycles. The van der Waals surface area contributed by atoms with Gasteiger partial charge in [-0.25, -0.2) is 9.97 Å². The van der Waals surface area contributed by atoms with Gasteiger partial charge in [0.2, 0.25) is 5.91 Å². The highest BCUT2D eigenvalue weighted by Crippen LogP contribution is 2.31. The summed E-state index contributed by atoms with van der Waals surface area (Å²) in [6.07, 6.45) is 1.45. The number of nitrogens with one attached hydrogen (secondary N) is 1. The first kappa shape index (κ1) is 22.9. The second kappa shape index (κ2) is 11.0. The molecule has 3 rings (SSSR count). The van der Waals surface area contributed by atoms with Crippen molar-refractivity contribution in [2.45, 2.75) is 24.9 Å². The average molecular weight is 457 g/mol. The zero-order valence-electron chi connectivity index (χ0n) is 17.5. The molecule has 0 aliphatic rings. The molecule has 3 N–H and O–H groups in total. The second-order valence-electron chi connectivity index (χ2n) is 6.81. The van der Waals surface area contributed by atoms with Gasteiger partial charge in [0.1, 0.15) is 11.6 Å². The number of nitrogens with zero attached hydrogens (tertiary/aromatic N) is 2. The first-order chi connectivity index (χ1) is 15.0. The van der Waals surface area contributed by atoms with E-state index in [1.54, 1.807) is 7.11 Å². The van der Waals surface area contributed by atoms with E-state index in [1.165, 1.54) is 11.8 Å². The molecule has 0 fully saturated rings. The topological polar surface area (TPSA) is 90.1 Å². The Balaban J connectivity index is 1.56. The van der Waals surface area contributed by atoms with Crippen molar-refractivity contribution in [1.29, 1.82) is 0 Å². The van der Waals surface area contributed by atoms with Crippen LogP contribution in [0.2, 0.25) is 5.02 Å². The summed E-state index contributed by atoms with van der Waals surface area (Å²) in [6, 6.07) is 15.2. The molecule has 1 amide bonds. The van der Waals surface area contributed by atoms with Crippen LogP contribution in [-0.4, -0.2) is 35.3 Å². The van der Waals surface area contributed by atoms with Crippen molar-refractivity contribution in [1.82, 2.24) is 15.3 Å². The second-order valence-corrected chi connectivity index (χ2v) is 8.19. The van der Waals surface area contributed by atoms with Crippen LogP contribution in [-0.2, 0) is 17.6 Å². The SMILES string of the molecule is CCc1nc(SCC(=O)NCCc2ccc(OC)cc2)nc(N)c1-c1ccc(Cl)cc1. The number of carbonyl (C=O) groups is 1. The Hall–Kier alpha value is -2.77. The summed E-state index contributed by atoms with van der Waals surface area (Å²) in [5.74, 6) is 1.37. The predicted octanol–water partition coefficient (Wildman–Crippen LogP) is 4.40. The average Bonchev–Trinajstić information content (AvgIpc) is 2.78. The Morgan fingerprint density at radius 3 is 2.48 bits per heavy atom. The quantitative estimate of drug-likeness (QED) is 0.366. The molecule has 0 unspecified atom stereocenters. The van der Waals surface area contributed by atoms with Gasteiger partial charge in [0.15, 0.2) is 5.16 Å². The highest BCUT2D eigenvalue weighted by molar-refractivity contribution is 7.99. The summed E-state index contributed by atoms with van der Waals surface area (Å²) >= 11 is 7.26. The van der Waals surface area contributed by atoms with Crippen LogP contribution in [0.15, 0.2) is 53.7 Å². The molecule has 0 radical (unpaired) electrons. The van der Waals surface area contributed by atoms with Gasteiger partial charge in [-0.3, -0.25) is 4.79 Å². The van der Waals surface area contributed by atoms with Crippen molar-refractivity contribution < 1.29 is 9.53 Å². The fourth-order valence-corrected chi connectivity index (χ4v) is 3.90. The Morgan fingerprint density at radius 1 is 1.13 bits per heavy atom. The Kier molecular flexibility index (Phi) is 8.14. The molecule has 0 bridgehead atoms. The first-order valence-corrected chi connectivity index (χ1v) is 11.3. The number of ether oxygens (including phenoxy) is 1. The number of nitrogen functional groups attached to an aromatic ring is 1. The number of hydrogen-bond donors (Lipinski definition) is 2. The summed E-state index contributed by atoms with van der Waals surface area (Å²) in [4.78, 5) is 21.2. The number of halogens is 1. The van der Waals surface area contributed by atoms with Crippen molar-refractivity contribution in [2.24, 2.45) is 0 Å². The third-order valence-electron chi connectivity index (χ3n) is 4.69. The molecular weight excluding hydrogens is 432 g/mol. The Morgan fingerprint density at radius 2 is 1.84 bits per heavy atom. The number of carbonyl (C=O) groups excluding carboxylic acids is 1. The molecule has 0 saturated carbocycles. The van der Waals surface area contributed by atoms with Crippen LogP contribution in [0.4, 0.5) is 5.82 Å². The lowest BCUT2D eigenvalue weighted by molar-refractivity contribution is -0.118. The molecule has 0 aliphatic carbocycles. The molecule has 8 heteroatoms. The van der Waals surface area contributed by atoms with E-state index in [0.29, 0.717) is 29.0 Å². The Labute approximate surface area is 191 Å². The maximum atomic E-state index is 12.2. The van der Waals surface area contributed by atoms with Crippen LogP contribution in [0.1, 0.15) is 18.2 Å². The van der Waals surface area contributed by atoms with Gasteiger partial charge in [0.25, 0.3) is 0 Å². The number of amides is 1. The summed E-state index contributed by atoms with van der Waals surface area (Å²) in [5.41, 5.74) is 9.95. The molecule has 1 aromatic heterocycles. The van der Waals surface area contributed by atoms with Crippen molar-refractivity contribution >= 4 is 35.1 Å². The highest BCUT2D eigenvalue weighted by Gasteiger charge is 2.14. The van der Waals surface area contributed by atoms with E-state index in [1.807, 2.05) is 55.5 Å². The molecule has 3 aromatic rings. The van der Waals surface area contributed by atoms with Gasteiger partial charge < -0.3 is 15.8 Å². The number of aryl methyl sites for hydroxylation is 1. The fraction of sp³-hybridized carbons (Fsp3) is 0.261. The van der Waals surface area contributed by atoms with Gasteiger partial charge in [-0.15, -0.1) is 0 Å². The van der Waals surface area contributed by atoms with Crippen molar-refractivity contribution in [3.63, 3.8) is 0 Å². The van der Waals surface area contributed by atoms with Gasteiger partial charge in [0.05, 0.1) is 18.6 Å². The van der Waals surface area contributed by atoms with Crippen LogP contribution in [0.25, 0.3) is 11.1 Å². The summed E-state index contributed by atoms with van der Waals surface area (Å²) in [5, 5.41) is 4.08. The van der Waals surface area contributed by atoms with Crippen molar-refractivity contribution in [2.75, 3.05) is 25.1 Å². The van der Waals surface area contributed by atoms with E-state index in [4.69, 9.17) is 22.1 Å². The minimum Gasteiger partial charge on any atom is -0.497 e. The summed E-state index contributed by atoms with van der Waals surface area (Å²) in [7, 11) is 1.64.